The lowest BCUT2D eigenvalue weighted by molar-refractivity contribution is 0.183. The Morgan fingerprint density at radius 2 is 1.94 bits per heavy atom. The second-order valence-corrected chi connectivity index (χ2v) is 4.73. The fourth-order valence-electron chi connectivity index (χ4n) is 2.05. The van der Waals surface area contributed by atoms with E-state index in [0.717, 1.165) is 12.8 Å². The molecule has 0 spiro atoms. The Kier molecular flexibility index (Phi) is 6.23. The van der Waals surface area contributed by atoms with Crippen LogP contribution in [-0.2, 0) is 0 Å². The van der Waals surface area contributed by atoms with Crippen LogP contribution in [0.2, 0.25) is 0 Å². The summed E-state index contributed by atoms with van der Waals surface area (Å²) in [5.74, 6) is 0. The highest BCUT2D eigenvalue weighted by atomic mass is 16.3. The molecule has 1 fully saturated rings. The molecule has 4 heteroatoms. The van der Waals surface area contributed by atoms with Gasteiger partial charge in [-0.3, -0.25) is 0 Å². The number of carbonyl (C=O) groups is 1. The van der Waals surface area contributed by atoms with Crippen molar-refractivity contribution in [2.75, 3.05) is 6.54 Å². The molecule has 0 saturated heterocycles. The molecule has 16 heavy (non-hydrogen) atoms. The van der Waals surface area contributed by atoms with Crippen LogP contribution < -0.4 is 10.6 Å². The highest BCUT2D eigenvalue weighted by Gasteiger charge is 2.14. The van der Waals surface area contributed by atoms with Crippen LogP contribution in [0.4, 0.5) is 4.79 Å². The topological polar surface area (TPSA) is 61.4 Å². The molecule has 2 amide bonds. The van der Waals surface area contributed by atoms with E-state index in [4.69, 9.17) is 5.11 Å². The Labute approximate surface area is 97.8 Å². The quantitative estimate of drug-likeness (QED) is 0.642. The second kappa shape index (κ2) is 7.49. The normalized spacial score (nSPS) is 19.9. The first-order chi connectivity index (χ1) is 7.68. The molecule has 1 aliphatic rings. The first-order valence-electron chi connectivity index (χ1n) is 6.41. The van der Waals surface area contributed by atoms with Gasteiger partial charge in [-0.2, -0.15) is 0 Å². The molecule has 0 aliphatic heterocycles. The van der Waals surface area contributed by atoms with Crippen molar-refractivity contribution < 1.29 is 9.90 Å². The molecule has 3 N–H and O–H groups in total. The van der Waals surface area contributed by atoms with E-state index in [1.165, 1.54) is 25.7 Å². The van der Waals surface area contributed by atoms with E-state index in [1.54, 1.807) is 6.92 Å². The molecule has 94 valence electrons. The molecule has 1 aliphatic carbocycles. The average molecular weight is 228 g/mol. The zero-order valence-corrected chi connectivity index (χ0v) is 10.2. The lowest BCUT2D eigenvalue weighted by atomic mass is 10.1. The average Bonchev–Trinajstić information content (AvgIpc) is 2.45. The predicted octanol–water partition coefficient (Wildman–Crippen LogP) is 1.78. The highest BCUT2D eigenvalue weighted by Crippen LogP contribution is 2.16. The van der Waals surface area contributed by atoms with E-state index in [2.05, 4.69) is 10.6 Å². The van der Waals surface area contributed by atoms with Crippen LogP contribution in [-0.4, -0.2) is 29.8 Å². The van der Waals surface area contributed by atoms with Gasteiger partial charge in [0.15, 0.2) is 0 Å². The van der Waals surface area contributed by atoms with Gasteiger partial charge in [-0.15, -0.1) is 0 Å². The summed E-state index contributed by atoms with van der Waals surface area (Å²) in [5.41, 5.74) is 0. The first kappa shape index (κ1) is 13.3. The standard InChI is InChI=1S/C12H24N2O2/c1-10(15)8-9-13-12(16)14-11-6-4-2-3-5-7-11/h10-11,15H,2-9H2,1H3,(H2,13,14,16). The van der Waals surface area contributed by atoms with E-state index in [0.29, 0.717) is 19.0 Å². The number of hydrogen-bond acceptors (Lipinski definition) is 2. The Bertz CT molecular complexity index is 199. The summed E-state index contributed by atoms with van der Waals surface area (Å²) in [6, 6.07) is 0.251. The van der Waals surface area contributed by atoms with Crippen molar-refractivity contribution in [3.63, 3.8) is 0 Å². The van der Waals surface area contributed by atoms with Gasteiger partial charge in [0.05, 0.1) is 6.10 Å². The number of nitrogens with one attached hydrogen (secondary N) is 2. The van der Waals surface area contributed by atoms with Crippen molar-refractivity contribution in [2.45, 2.75) is 64.0 Å². The minimum atomic E-state index is -0.349. The van der Waals surface area contributed by atoms with Crippen LogP contribution in [0, 0.1) is 0 Å². The first-order valence-corrected chi connectivity index (χ1v) is 6.41. The molecular formula is C12H24N2O2. The van der Waals surface area contributed by atoms with Crippen molar-refractivity contribution in [1.29, 1.82) is 0 Å². The molecule has 1 unspecified atom stereocenters. The third kappa shape index (κ3) is 5.95. The molecule has 0 aromatic rings. The molecule has 4 nitrogen and oxygen atoms in total. The van der Waals surface area contributed by atoms with Gasteiger partial charge in [0.2, 0.25) is 0 Å². The summed E-state index contributed by atoms with van der Waals surface area (Å²) in [4.78, 5) is 11.5. The molecule has 1 atom stereocenters. The lowest BCUT2D eigenvalue weighted by Crippen LogP contribution is -2.42. The SMILES string of the molecule is CC(O)CCNC(=O)NC1CCCCCC1. The maximum absolute atomic E-state index is 11.5. The van der Waals surface area contributed by atoms with Gasteiger partial charge in [-0.1, -0.05) is 25.7 Å². The zero-order chi connectivity index (χ0) is 11.8. The van der Waals surface area contributed by atoms with Gasteiger partial charge < -0.3 is 15.7 Å². The number of aliphatic hydroxyl groups excluding tert-OH is 1. The van der Waals surface area contributed by atoms with Crippen molar-refractivity contribution in [3.05, 3.63) is 0 Å². The van der Waals surface area contributed by atoms with E-state index in [-0.39, 0.29) is 12.1 Å². The lowest BCUT2D eigenvalue weighted by Gasteiger charge is -2.16. The molecule has 0 aromatic heterocycles. The van der Waals surface area contributed by atoms with Crippen molar-refractivity contribution in [3.8, 4) is 0 Å². The van der Waals surface area contributed by atoms with Gasteiger partial charge in [0.1, 0.15) is 0 Å². The minimum Gasteiger partial charge on any atom is -0.393 e. The molecule has 0 aromatic carbocycles. The van der Waals surface area contributed by atoms with Gasteiger partial charge in [0.25, 0.3) is 0 Å². The zero-order valence-electron chi connectivity index (χ0n) is 10.2. The van der Waals surface area contributed by atoms with Crippen LogP contribution in [0.1, 0.15) is 51.9 Å². The predicted molar refractivity (Wildman–Crippen MR) is 64.3 cm³/mol. The van der Waals surface area contributed by atoms with Gasteiger partial charge in [-0.25, -0.2) is 4.79 Å². The number of rotatable bonds is 4. The fourth-order valence-corrected chi connectivity index (χ4v) is 2.05. The third-order valence-corrected chi connectivity index (χ3v) is 3.04. The highest BCUT2D eigenvalue weighted by molar-refractivity contribution is 5.74. The number of carbonyl (C=O) groups excluding carboxylic acids is 1. The number of aliphatic hydroxyl groups is 1. The molecule has 0 bridgehead atoms. The smallest absolute Gasteiger partial charge is 0.315 e. The third-order valence-electron chi connectivity index (χ3n) is 3.04. The summed E-state index contributed by atoms with van der Waals surface area (Å²) in [6.45, 7) is 2.26. The monoisotopic (exact) mass is 228 g/mol. The fraction of sp³-hybridized carbons (Fsp3) is 0.917. The van der Waals surface area contributed by atoms with Gasteiger partial charge in [0, 0.05) is 12.6 Å². The largest absolute Gasteiger partial charge is 0.393 e. The summed E-state index contributed by atoms with van der Waals surface area (Å²) in [7, 11) is 0. The Morgan fingerprint density at radius 1 is 1.31 bits per heavy atom. The van der Waals surface area contributed by atoms with Crippen LogP contribution in [0.15, 0.2) is 0 Å². The van der Waals surface area contributed by atoms with E-state index < -0.39 is 0 Å². The number of hydrogen-bond donors (Lipinski definition) is 3. The maximum atomic E-state index is 11.5. The van der Waals surface area contributed by atoms with Crippen molar-refractivity contribution in [2.24, 2.45) is 0 Å². The van der Waals surface area contributed by atoms with Crippen LogP contribution in [0.3, 0.4) is 0 Å². The van der Waals surface area contributed by atoms with E-state index >= 15 is 0 Å². The molecular weight excluding hydrogens is 204 g/mol. The molecule has 0 radical (unpaired) electrons. The number of amides is 2. The van der Waals surface area contributed by atoms with Crippen LogP contribution in [0.25, 0.3) is 0 Å². The number of urea groups is 1. The second-order valence-electron chi connectivity index (χ2n) is 4.73. The summed E-state index contributed by atoms with van der Waals surface area (Å²) in [6.07, 6.45) is 7.49. The molecule has 0 heterocycles. The molecule has 1 rings (SSSR count). The van der Waals surface area contributed by atoms with Crippen LogP contribution in [0.5, 0.6) is 0 Å². The van der Waals surface area contributed by atoms with Crippen molar-refractivity contribution >= 4 is 6.03 Å². The minimum absolute atomic E-state index is 0.0902. The van der Waals surface area contributed by atoms with Gasteiger partial charge >= 0.3 is 6.03 Å². The van der Waals surface area contributed by atoms with Crippen molar-refractivity contribution in [1.82, 2.24) is 10.6 Å². The maximum Gasteiger partial charge on any atom is 0.315 e. The Morgan fingerprint density at radius 3 is 2.50 bits per heavy atom. The summed E-state index contributed by atoms with van der Waals surface area (Å²) in [5, 5.41) is 14.8. The van der Waals surface area contributed by atoms with Gasteiger partial charge in [-0.05, 0) is 26.2 Å². The van der Waals surface area contributed by atoms with E-state index in [9.17, 15) is 4.79 Å². The van der Waals surface area contributed by atoms with E-state index in [1.807, 2.05) is 0 Å². The Balaban J connectivity index is 2.12. The summed E-state index contributed by atoms with van der Waals surface area (Å²) >= 11 is 0. The Hall–Kier alpha value is -0.770. The summed E-state index contributed by atoms with van der Waals surface area (Å²) < 4.78 is 0. The van der Waals surface area contributed by atoms with Crippen LogP contribution >= 0.6 is 0 Å². The molecule has 1 saturated carbocycles.